The highest BCUT2D eigenvalue weighted by molar-refractivity contribution is 7.03. The third kappa shape index (κ3) is 4.38. The largest absolute Gasteiger partial charge is 0.339 e. The fourth-order valence-electron chi connectivity index (χ4n) is 3.13. The summed E-state index contributed by atoms with van der Waals surface area (Å²) in [6.07, 6.45) is 7.58. The first-order valence-electron chi connectivity index (χ1n) is 8.90. The van der Waals surface area contributed by atoms with Gasteiger partial charge < -0.3 is 9.80 Å². The smallest absolute Gasteiger partial charge is 0.253 e. The van der Waals surface area contributed by atoms with Crippen LogP contribution in [0.25, 0.3) is 0 Å². The average Bonchev–Trinajstić information content (AvgIpc) is 3.04. The van der Waals surface area contributed by atoms with Crippen molar-refractivity contribution in [3.8, 4) is 0 Å². The van der Waals surface area contributed by atoms with Crippen LogP contribution in [-0.4, -0.2) is 34.2 Å². The monoisotopic (exact) mass is 369 g/mol. The molecule has 1 saturated heterocycles. The number of hydrogen-bond acceptors (Lipinski definition) is 4. The molecular formula is C20H23N3O2S. The van der Waals surface area contributed by atoms with E-state index in [1.807, 2.05) is 22.4 Å². The van der Waals surface area contributed by atoms with Crippen LogP contribution >= 0.6 is 11.5 Å². The molecular weight excluding hydrogens is 346 g/mol. The Morgan fingerprint density at radius 1 is 1.15 bits per heavy atom. The number of nitrogens with zero attached hydrogens (tertiary/aromatic N) is 3. The molecule has 3 rings (SSSR count). The second-order valence-corrected chi connectivity index (χ2v) is 7.07. The van der Waals surface area contributed by atoms with E-state index < -0.39 is 0 Å². The van der Waals surface area contributed by atoms with Gasteiger partial charge in [-0.05, 0) is 54.7 Å². The maximum atomic E-state index is 12.7. The van der Waals surface area contributed by atoms with Crippen LogP contribution < -0.4 is 4.90 Å². The number of rotatable bonds is 5. The molecule has 1 aromatic heterocycles. The van der Waals surface area contributed by atoms with Gasteiger partial charge in [0.15, 0.2) is 0 Å². The molecule has 26 heavy (non-hydrogen) atoms. The summed E-state index contributed by atoms with van der Waals surface area (Å²) in [7, 11) is 0. The fraction of sp³-hybridized carbons (Fsp3) is 0.350. The molecule has 0 bridgehead atoms. The molecule has 0 radical (unpaired) electrons. The number of hydrogen-bond donors (Lipinski definition) is 0. The zero-order chi connectivity index (χ0) is 18.4. The van der Waals surface area contributed by atoms with E-state index in [1.54, 1.807) is 23.2 Å². The van der Waals surface area contributed by atoms with E-state index in [9.17, 15) is 9.59 Å². The molecule has 2 heterocycles. The van der Waals surface area contributed by atoms with Crippen LogP contribution in [0.3, 0.4) is 0 Å². The SMILES string of the molecule is C=CC(=O)N(Cc1cnsc1)c1ccc(C(=O)N2CCCCCC2)cc1. The van der Waals surface area contributed by atoms with Crippen LogP contribution in [0, 0.1) is 0 Å². The van der Waals surface area contributed by atoms with Crippen LogP contribution in [0.5, 0.6) is 0 Å². The first kappa shape index (κ1) is 18.3. The molecule has 1 aliphatic rings. The van der Waals surface area contributed by atoms with Gasteiger partial charge in [-0.15, -0.1) is 0 Å². The molecule has 2 amide bonds. The summed E-state index contributed by atoms with van der Waals surface area (Å²) in [5, 5.41) is 1.92. The Morgan fingerprint density at radius 2 is 1.85 bits per heavy atom. The molecule has 2 aromatic rings. The summed E-state index contributed by atoms with van der Waals surface area (Å²) in [5.74, 6) is -0.107. The van der Waals surface area contributed by atoms with Crippen molar-refractivity contribution in [2.75, 3.05) is 18.0 Å². The van der Waals surface area contributed by atoms with Crippen molar-refractivity contribution in [2.24, 2.45) is 0 Å². The second kappa shape index (κ2) is 8.76. The van der Waals surface area contributed by atoms with Gasteiger partial charge in [-0.25, -0.2) is 4.37 Å². The zero-order valence-corrected chi connectivity index (χ0v) is 15.6. The molecule has 0 atom stereocenters. The van der Waals surface area contributed by atoms with Crippen LogP contribution in [0.4, 0.5) is 5.69 Å². The quantitative estimate of drug-likeness (QED) is 0.752. The van der Waals surface area contributed by atoms with E-state index in [0.717, 1.165) is 37.2 Å². The molecule has 0 saturated carbocycles. The van der Waals surface area contributed by atoms with Gasteiger partial charge in [0.1, 0.15) is 0 Å². The third-order valence-corrected chi connectivity index (χ3v) is 5.22. The van der Waals surface area contributed by atoms with Crippen molar-refractivity contribution < 1.29 is 9.59 Å². The number of anilines is 1. The van der Waals surface area contributed by atoms with Crippen LogP contribution in [0.2, 0.25) is 0 Å². The van der Waals surface area contributed by atoms with Crippen LogP contribution in [-0.2, 0) is 11.3 Å². The van der Waals surface area contributed by atoms with Crippen molar-refractivity contribution in [1.29, 1.82) is 0 Å². The Hall–Kier alpha value is -2.47. The Morgan fingerprint density at radius 3 is 2.42 bits per heavy atom. The molecule has 1 aliphatic heterocycles. The molecule has 0 aliphatic carbocycles. The molecule has 1 aromatic carbocycles. The molecule has 136 valence electrons. The highest BCUT2D eigenvalue weighted by Gasteiger charge is 2.19. The lowest BCUT2D eigenvalue weighted by molar-refractivity contribution is -0.114. The molecule has 1 fully saturated rings. The summed E-state index contributed by atoms with van der Waals surface area (Å²) < 4.78 is 4.08. The Balaban J connectivity index is 1.76. The van der Waals surface area contributed by atoms with Gasteiger partial charge in [0.2, 0.25) is 0 Å². The molecule has 0 N–H and O–H groups in total. The predicted molar refractivity (Wildman–Crippen MR) is 104 cm³/mol. The summed E-state index contributed by atoms with van der Waals surface area (Å²) in [6, 6.07) is 7.26. The van der Waals surface area contributed by atoms with Crippen molar-refractivity contribution >= 4 is 29.0 Å². The summed E-state index contributed by atoms with van der Waals surface area (Å²) in [4.78, 5) is 28.5. The zero-order valence-electron chi connectivity index (χ0n) is 14.8. The van der Waals surface area contributed by atoms with Crippen molar-refractivity contribution in [2.45, 2.75) is 32.2 Å². The van der Waals surface area contributed by atoms with E-state index in [4.69, 9.17) is 0 Å². The Bertz CT molecular complexity index is 748. The first-order valence-corrected chi connectivity index (χ1v) is 9.74. The van der Waals surface area contributed by atoms with E-state index in [1.165, 1.54) is 30.5 Å². The minimum Gasteiger partial charge on any atom is -0.339 e. The van der Waals surface area contributed by atoms with Gasteiger partial charge in [0, 0.05) is 41.5 Å². The van der Waals surface area contributed by atoms with Crippen molar-refractivity contribution in [3.05, 3.63) is 59.6 Å². The number of likely N-dealkylation sites (tertiary alicyclic amines) is 1. The molecule has 5 nitrogen and oxygen atoms in total. The average molecular weight is 369 g/mol. The Kier molecular flexibility index (Phi) is 6.17. The number of amides is 2. The van der Waals surface area contributed by atoms with Gasteiger partial charge in [-0.3, -0.25) is 9.59 Å². The number of benzene rings is 1. The number of aromatic nitrogens is 1. The minimum atomic E-state index is -0.178. The lowest BCUT2D eigenvalue weighted by Gasteiger charge is -2.23. The van der Waals surface area contributed by atoms with Crippen LogP contribution in [0.1, 0.15) is 41.6 Å². The van der Waals surface area contributed by atoms with Gasteiger partial charge >= 0.3 is 0 Å². The van der Waals surface area contributed by atoms with Gasteiger partial charge in [-0.2, -0.15) is 0 Å². The fourth-order valence-corrected chi connectivity index (χ4v) is 3.66. The normalized spacial score (nSPS) is 14.5. The number of carbonyl (C=O) groups excluding carboxylic acids is 2. The predicted octanol–water partition coefficient (Wildman–Crippen LogP) is 3.88. The van der Waals surface area contributed by atoms with Crippen molar-refractivity contribution in [3.63, 3.8) is 0 Å². The lowest BCUT2D eigenvalue weighted by atomic mass is 10.1. The highest BCUT2D eigenvalue weighted by Crippen LogP contribution is 2.21. The minimum absolute atomic E-state index is 0.0714. The van der Waals surface area contributed by atoms with E-state index in [-0.39, 0.29) is 11.8 Å². The molecule has 0 spiro atoms. The number of carbonyl (C=O) groups is 2. The van der Waals surface area contributed by atoms with Gasteiger partial charge in [-0.1, -0.05) is 19.4 Å². The van der Waals surface area contributed by atoms with E-state index >= 15 is 0 Å². The lowest BCUT2D eigenvalue weighted by Crippen LogP contribution is -2.32. The van der Waals surface area contributed by atoms with Crippen molar-refractivity contribution in [1.82, 2.24) is 9.27 Å². The highest BCUT2D eigenvalue weighted by atomic mass is 32.1. The second-order valence-electron chi connectivity index (χ2n) is 6.41. The molecule has 0 unspecified atom stereocenters. The van der Waals surface area contributed by atoms with Gasteiger partial charge in [0.05, 0.1) is 6.54 Å². The summed E-state index contributed by atoms with van der Waals surface area (Å²) >= 11 is 1.36. The molecule has 6 heteroatoms. The topological polar surface area (TPSA) is 53.5 Å². The standard InChI is InChI=1S/C20H23N3O2S/c1-2-19(24)23(14-16-13-21-26-15-16)18-9-7-17(8-10-18)20(25)22-11-5-3-4-6-12-22/h2,7-10,13,15H,1,3-6,11-12,14H2. The third-order valence-electron chi connectivity index (χ3n) is 4.58. The summed E-state index contributed by atoms with van der Waals surface area (Å²) in [6.45, 7) is 5.67. The van der Waals surface area contributed by atoms with E-state index in [2.05, 4.69) is 11.0 Å². The first-order chi connectivity index (χ1) is 12.7. The van der Waals surface area contributed by atoms with E-state index in [0.29, 0.717) is 12.1 Å². The summed E-state index contributed by atoms with van der Waals surface area (Å²) in [5.41, 5.74) is 2.38. The Labute approximate surface area is 158 Å². The van der Waals surface area contributed by atoms with Crippen LogP contribution in [0.15, 0.2) is 48.5 Å². The maximum Gasteiger partial charge on any atom is 0.253 e. The van der Waals surface area contributed by atoms with Gasteiger partial charge in [0.25, 0.3) is 11.8 Å². The maximum absolute atomic E-state index is 12.7.